The monoisotopic (exact) mass is 571 g/mol. The highest BCUT2D eigenvalue weighted by molar-refractivity contribution is 7.92. The fraction of sp³-hybridized carbons (Fsp3) is 0.323. The molecule has 0 bridgehead atoms. The number of aryl methyl sites for hydroxylation is 1. The minimum Gasteiger partial charge on any atom is -0.493 e. The average molecular weight is 572 g/mol. The quantitative estimate of drug-likeness (QED) is 0.225. The van der Waals surface area contributed by atoms with Gasteiger partial charge in [-0.1, -0.05) is 62.1 Å². The smallest absolute Gasteiger partial charge is 0.277 e. The van der Waals surface area contributed by atoms with Crippen molar-refractivity contribution in [3.63, 3.8) is 0 Å². The Morgan fingerprint density at radius 2 is 1.78 bits per heavy atom. The van der Waals surface area contributed by atoms with Gasteiger partial charge in [-0.2, -0.15) is 0 Å². The molecular weight excluding hydrogens is 538 g/mol. The molecule has 2 heterocycles. The number of sulfonamides is 1. The van der Waals surface area contributed by atoms with Crippen LogP contribution >= 0.6 is 0 Å². The van der Waals surface area contributed by atoms with Gasteiger partial charge >= 0.3 is 0 Å². The van der Waals surface area contributed by atoms with Gasteiger partial charge in [-0.25, -0.2) is 17.9 Å². The molecule has 0 unspecified atom stereocenters. The van der Waals surface area contributed by atoms with Gasteiger partial charge in [-0.05, 0) is 56.3 Å². The predicted molar refractivity (Wildman–Crippen MR) is 160 cm³/mol. The van der Waals surface area contributed by atoms with E-state index in [4.69, 9.17) is 14.8 Å². The molecule has 1 saturated carbocycles. The molecule has 1 aliphatic rings. The van der Waals surface area contributed by atoms with Gasteiger partial charge in [0, 0.05) is 11.3 Å². The van der Waals surface area contributed by atoms with Gasteiger partial charge in [0.15, 0.2) is 11.3 Å². The van der Waals surface area contributed by atoms with Crippen LogP contribution in [0.1, 0.15) is 62.9 Å². The number of H-pyrrole nitrogens is 1. The Kier molecular flexibility index (Phi) is 7.25. The van der Waals surface area contributed by atoms with Crippen molar-refractivity contribution in [1.29, 1.82) is 0 Å². The lowest BCUT2D eigenvalue weighted by atomic mass is 10.00. The second kappa shape index (κ2) is 11.0. The molecule has 0 amide bonds. The molecule has 0 saturated heterocycles. The van der Waals surface area contributed by atoms with Crippen LogP contribution in [0.25, 0.3) is 27.7 Å². The van der Waals surface area contributed by atoms with Crippen molar-refractivity contribution in [2.75, 3.05) is 11.3 Å². The minimum atomic E-state index is -3.99. The lowest BCUT2D eigenvalue weighted by Gasteiger charge is -2.15. The zero-order chi connectivity index (χ0) is 28.6. The number of hydrogen-bond acceptors (Lipinski definition) is 6. The molecule has 1 fully saturated rings. The van der Waals surface area contributed by atoms with Gasteiger partial charge in [0.25, 0.3) is 15.6 Å². The number of aromatic nitrogens is 4. The van der Waals surface area contributed by atoms with E-state index < -0.39 is 10.0 Å². The molecule has 0 spiro atoms. The van der Waals surface area contributed by atoms with Crippen LogP contribution in [0.4, 0.5) is 5.69 Å². The Balaban J connectivity index is 1.46. The van der Waals surface area contributed by atoms with Crippen LogP contribution < -0.4 is 15.0 Å². The van der Waals surface area contributed by atoms with Gasteiger partial charge < -0.3 is 9.72 Å². The summed E-state index contributed by atoms with van der Waals surface area (Å²) >= 11 is 0. The Morgan fingerprint density at radius 3 is 2.56 bits per heavy atom. The normalized spacial score (nSPS) is 14.8. The number of nitrogens with one attached hydrogen (secondary N) is 2. The van der Waals surface area contributed by atoms with E-state index in [1.807, 2.05) is 50.2 Å². The van der Waals surface area contributed by atoms with Crippen LogP contribution in [0.5, 0.6) is 5.75 Å². The van der Waals surface area contributed by atoms with Crippen LogP contribution in [0.3, 0.4) is 0 Å². The first kappa shape index (κ1) is 27.0. The zero-order valence-corrected chi connectivity index (χ0v) is 24.0. The third-order valence-corrected chi connectivity index (χ3v) is 9.13. The molecule has 2 aromatic heterocycles. The number of benzene rings is 3. The maximum Gasteiger partial charge on any atom is 0.277 e. The summed E-state index contributed by atoms with van der Waals surface area (Å²) in [7, 11) is -3.99. The van der Waals surface area contributed by atoms with Crippen molar-refractivity contribution < 1.29 is 13.2 Å². The van der Waals surface area contributed by atoms with E-state index in [2.05, 4.69) is 9.71 Å². The Hall–Kier alpha value is -4.18. The summed E-state index contributed by atoms with van der Waals surface area (Å²) in [6, 6.07) is 17.7. The van der Waals surface area contributed by atoms with E-state index in [-0.39, 0.29) is 22.2 Å². The van der Waals surface area contributed by atoms with Gasteiger partial charge in [-0.15, -0.1) is 5.10 Å². The fourth-order valence-electron chi connectivity index (χ4n) is 5.78. The minimum absolute atomic E-state index is 0.0254. The van der Waals surface area contributed by atoms with Crippen LogP contribution in [0.2, 0.25) is 0 Å². The summed E-state index contributed by atoms with van der Waals surface area (Å²) in [6.07, 6.45) is 6.63. The maximum atomic E-state index is 13.6. The number of nitrogens with zero attached hydrogens (tertiary/aromatic N) is 3. The van der Waals surface area contributed by atoms with Gasteiger partial charge in [-0.3, -0.25) is 9.52 Å². The van der Waals surface area contributed by atoms with E-state index in [1.54, 1.807) is 16.6 Å². The van der Waals surface area contributed by atoms with E-state index in [1.165, 1.54) is 25.0 Å². The van der Waals surface area contributed by atoms with Crippen LogP contribution in [0, 0.1) is 6.92 Å². The lowest BCUT2D eigenvalue weighted by molar-refractivity contribution is 0.341. The summed E-state index contributed by atoms with van der Waals surface area (Å²) in [5.41, 5.74) is 1.57. The largest absolute Gasteiger partial charge is 0.493 e. The van der Waals surface area contributed by atoms with E-state index in [9.17, 15) is 13.2 Å². The number of rotatable bonds is 7. The van der Waals surface area contributed by atoms with Gasteiger partial charge in [0.2, 0.25) is 0 Å². The lowest BCUT2D eigenvalue weighted by Crippen LogP contribution is -2.17. The SMILES string of the molecule is CCOc1ccc(S(=O)(=O)Nc2cccc3ccccc23)cc1-c1nn2c(C3CCCCCC3)nc(C)c2c(=O)[nH]1. The second-order valence-corrected chi connectivity index (χ2v) is 12.2. The van der Waals surface area contributed by atoms with Crippen LogP contribution in [-0.2, 0) is 10.0 Å². The van der Waals surface area contributed by atoms with Crippen molar-refractivity contribution in [3.8, 4) is 17.1 Å². The van der Waals surface area contributed by atoms with Gasteiger partial charge in [0.1, 0.15) is 11.6 Å². The maximum absolute atomic E-state index is 13.6. The zero-order valence-electron chi connectivity index (χ0n) is 23.2. The predicted octanol–water partition coefficient (Wildman–Crippen LogP) is 6.18. The summed E-state index contributed by atoms with van der Waals surface area (Å²) in [5.74, 6) is 1.64. The molecule has 41 heavy (non-hydrogen) atoms. The standard InChI is InChI=1S/C31H33N5O4S/c1-3-40-27-18-17-23(41(38,39)35-26-16-10-14-21-11-8-9-15-24(21)26)19-25(27)29-33-31(37)28-20(2)32-30(36(28)34-29)22-12-6-4-5-7-13-22/h8-11,14-19,22,35H,3-7,12-13H2,1-2H3,(H,33,34,37). The number of hydrogen-bond donors (Lipinski definition) is 2. The third kappa shape index (κ3) is 5.19. The molecule has 5 aromatic rings. The average Bonchev–Trinajstić information content (AvgIpc) is 3.11. The number of ether oxygens (including phenoxy) is 1. The molecule has 2 N–H and O–H groups in total. The first-order valence-electron chi connectivity index (χ1n) is 14.1. The van der Waals surface area contributed by atoms with Crippen molar-refractivity contribution in [1.82, 2.24) is 19.6 Å². The van der Waals surface area contributed by atoms with E-state index >= 15 is 0 Å². The Labute approximate surface area is 238 Å². The third-order valence-electron chi connectivity index (χ3n) is 7.77. The van der Waals surface area contributed by atoms with E-state index in [0.29, 0.717) is 34.8 Å². The molecule has 3 aromatic carbocycles. The molecule has 1 aliphatic carbocycles. The Bertz CT molecular complexity index is 1900. The number of anilines is 1. The fourth-order valence-corrected chi connectivity index (χ4v) is 6.88. The number of aromatic amines is 1. The number of imidazole rings is 1. The van der Waals surface area contributed by atoms with Crippen LogP contribution in [0.15, 0.2) is 70.4 Å². The van der Waals surface area contributed by atoms with Crippen molar-refractivity contribution in [3.05, 3.63) is 82.5 Å². The molecule has 0 aliphatic heterocycles. The highest BCUT2D eigenvalue weighted by atomic mass is 32.2. The molecule has 9 nitrogen and oxygen atoms in total. The Morgan fingerprint density at radius 1 is 1.02 bits per heavy atom. The van der Waals surface area contributed by atoms with Gasteiger partial charge in [0.05, 0.1) is 28.4 Å². The second-order valence-electron chi connectivity index (χ2n) is 10.5. The van der Waals surface area contributed by atoms with Crippen molar-refractivity contribution in [2.45, 2.75) is 63.2 Å². The first-order valence-corrected chi connectivity index (χ1v) is 15.6. The summed E-state index contributed by atoms with van der Waals surface area (Å²) in [4.78, 5) is 21.0. The molecule has 0 radical (unpaired) electrons. The molecule has 212 valence electrons. The number of fused-ring (bicyclic) bond motifs is 2. The highest BCUT2D eigenvalue weighted by Crippen LogP contribution is 2.34. The van der Waals surface area contributed by atoms with E-state index in [0.717, 1.165) is 42.3 Å². The first-order chi connectivity index (χ1) is 19.9. The van der Waals surface area contributed by atoms with Crippen molar-refractivity contribution >= 4 is 32.0 Å². The molecular formula is C31H33N5O4S. The molecule has 0 atom stereocenters. The summed E-state index contributed by atoms with van der Waals surface area (Å²) in [5, 5.41) is 6.55. The summed E-state index contributed by atoms with van der Waals surface area (Å²) in [6.45, 7) is 4.03. The molecule has 10 heteroatoms. The van der Waals surface area contributed by atoms with Crippen LogP contribution in [-0.4, -0.2) is 34.6 Å². The summed E-state index contributed by atoms with van der Waals surface area (Å²) < 4.78 is 37.5. The highest BCUT2D eigenvalue weighted by Gasteiger charge is 2.25. The molecule has 6 rings (SSSR count). The topological polar surface area (TPSA) is 118 Å². The van der Waals surface area contributed by atoms with Crippen molar-refractivity contribution in [2.24, 2.45) is 0 Å².